The number of piperidine rings is 1. The van der Waals surface area contributed by atoms with Crippen molar-refractivity contribution in [1.29, 1.82) is 0 Å². The van der Waals surface area contributed by atoms with E-state index in [4.69, 9.17) is 16.0 Å². The summed E-state index contributed by atoms with van der Waals surface area (Å²) in [4.78, 5) is 14.0. The molecule has 1 aromatic heterocycles. The lowest BCUT2D eigenvalue weighted by molar-refractivity contribution is 0.0684. The molecule has 0 spiro atoms. The Kier molecular flexibility index (Phi) is 3.69. The topological polar surface area (TPSA) is 59.2 Å². The van der Waals surface area contributed by atoms with Crippen molar-refractivity contribution in [2.45, 2.75) is 19.3 Å². The van der Waals surface area contributed by atoms with Gasteiger partial charge in [-0.25, -0.2) is 0 Å². The minimum absolute atomic E-state index is 0.0526. The number of aromatic nitrogens is 2. The highest BCUT2D eigenvalue weighted by Crippen LogP contribution is 2.21. The van der Waals surface area contributed by atoms with Gasteiger partial charge in [-0.05, 0) is 43.5 Å². The molecule has 0 atom stereocenters. The third-order valence-corrected chi connectivity index (χ3v) is 3.59. The molecule has 0 N–H and O–H groups in total. The summed E-state index contributed by atoms with van der Waals surface area (Å²) in [6.45, 7) is 1.52. The summed E-state index contributed by atoms with van der Waals surface area (Å²) in [5.74, 6) is 0.205. The summed E-state index contributed by atoms with van der Waals surface area (Å²) in [6, 6.07) is 7.05. The standard InChI is InChI=1S/C14H14ClN3O2/c15-11-6-4-10(5-7-11)12-16-17-13(20-12)14(19)18-8-2-1-3-9-18/h4-7H,1-3,8-9H2. The van der Waals surface area contributed by atoms with Gasteiger partial charge >= 0.3 is 11.8 Å². The average molecular weight is 292 g/mol. The van der Waals surface area contributed by atoms with Crippen molar-refractivity contribution in [2.75, 3.05) is 13.1 Å². The van der Waals surface area contributed by atoms with Crippen molar-refractivity contribution in [3.05, 3.63) is 35.2 Å². The van der Waals surface area contributed by atoms with E-state index in [2.05, 4.69) is 10.2 Å². The molecule has 1 aliphatic heterocycles. The maximum Gasteiger partial charge on any atom is 0.311 e. The van der Waals surface area contributed by atoms with Crippen molar-refractivity contribution in [3.8, 4) is 11.5 Å². The molecule has 0 radical (unpaired) electrons. The van der Waals surface area contributed by atoms with Gasteiger partial charge in [-0.15, -0.1) is 10.2 Å². The Morgan fingerprint density at radius 1 is 1.10 bits per heavy atom. The summed E-state index contributed by atoms with van der Waals surface area (Å²) in [6.07, 6.45) is 3.23. The smallest absolute Gasteiger partial charge is 0.311 e. The number of carbonyl (C=O) groups is 1. The predicted molar refractivity (Wildman–Crippen MR) is 74.5 cm³/mol. The molecular formula is C14H14ClN3O2. The van der Waals surface area contributed by atoms with Gasteiger partial charge < -0.3 is 9.32 Å². The number of nitrogens with zero attached hydrogens (tertiary/aromatic N) is 3. The minimum Gasteiger partial charge on any atom is -0.412 e. The largest absolute Gasteiger partial charge is 0.412 e. The SMILES string of the molecule is O=C(c1nnc(-c2ccc(Cl)cc2)o1)N1CCCCC1. The number of benzene rings is 1. The summed E-state index contributed by atoms with van der Waals surface area (Å²) < 4.78 is 5.47. The molecule has 3 rings (SSSR count). The van der Waals surface area contributed by atoms with Crippen LogP contribution in [0.5, 0.6) is 0 Å². The average Bonchev–Trinajstić information content (AvgIpc) is 2.98. The summed E-state index contributed by atoms with van der Waals surface area (Å²) in [5.41, 5.74) is 0.750. The fourth-order valence-electron chi connectivity index (χ4n) is 2.25. The van der Waals surface area contributed by atoms with E-state index < -0.39 is 0 Å². The maximum absolute atomic E-state index is 12.2. The van der Waals surface area contributed by atoms with Gasteiger partial charge in [-0.2, -0.15) is 0 Å². The van der Waals surface area contributed by atoms with E-state index in [9.17, 15) is 4.79 Å². The molecule has 0 bridgehead atoms. The van der Waals surface area contributed by atoms with E-state index in [-0.39, 0.29) is 11.8 Å². The van der Waals surface area contributed by atoms with Crippen molar-refractivity contribution in [1.82, 2.24) is 15.1 Å². The number of rotatable bonds is 2. The molecule has 1 aromatic carbocycles. The zero-order valence-electron chi connectivity index (χ0n) is 10.9. The molecule has 0 saturated carbocycles. The van der Waals surface area contributed by atoms with E-state index in [0.717, 1.165) is 31.5 Å². The van der Waals surface area contributed by atoms with Crippen LogP contribution in [0.15, 0.2) is 28.7 Å². The predicted octanol–water partition coefficient (Wildman–Crippen LogP) is 3.02. The Balaban J connectivity index is 1.79. The molecule has 1 amide bonds. The Bertz CT molecular complexity index is 603. The zero-order valence-corrected chi connectivity index (χ0v) is 11.6. The van der Waals surface area contributed by atoms with Crippen LogP contribution in [0, 0.1) is 0 Å². The molecule has 0 aliphatic carbocycles. The lowest BCUT2D eigenvalue weighted by Crippen LogP contribution is -2.35. The number of likely N-dealkylation sites (tertiary alicyclic amines) is 1. The number of amides is 1. The van der Waals surface area contributed by atoms with Crippen LogP contribution >= 0.6 is 11.6 Å². The molecule has 20 heavy (non-hydrogen) atoms. The Morgan fingerprint density at radius 2 is 1.80 bits per heavy atom. The normalized spacial score (nSPS) is 15.3. The van der Waals surface area contributed by atoms with E-state index in [1.54, 1.807) is 29.2 Å². The van der Waals surface area contributed by atoms with E-state index in [0.29, 0.717) is 10.9 Å². The highest BCUT2D eigenvalue weighted by Gasteiger charge is 2.23. The van der Waals surface area contributed by atoms with Crippen LogP contribution in [0.1, 0.15) is 29.9 Å². The van der Waals surface area contributed by atoms with Crippen molar-refractivity contribution in [3.63, 3.8) is 0 Å². The van der Waals surface area contributed by atoms with E-state index in [1.807, 2.05) is 0 Å². The zero-order chi connectivity index (χ0) is 13.9. The van der Waals surface area contributed by atoms with Crippen LogP contribution in [-0.2, 0) is 0 Å². The van der Waals surface area contributed by atoms with Crippen molar-refractivity contribution < 1.29 is 9.21 Å². The van der Waals surface area contributed by atoms with Gasteiger partial charge in [0.1, 0.15) is 0 Å². The summed E-state index contributed by atoms with van der Waals surface area (Å²) in [5, 5.41) is 8.41. The highest BCUT2D eigenvalue weighted by atomic mass is 35.5. The molecule has 104 valence electrons. The van der Waals surface area contributed by atoms with Crippen LogP contribution in [0.2, 0.25) is 5.02 Å². The van der Waals surface area contributed by atoms with Gasteiger partial charge in [0.15, 0.2) is 0 Å². The molecule has 1 aliphatic rings. The minimum atomic E-state index is -0.183. The molecule has 2 heterocycles. The first-order valence-corrected chi connectivity index (χ1v) is 7.00. The monoisotopic (exact) mass is 291 g/mol. The van der Waals surface area contributed by atoms with Crippen molar-refractivity contribution in [2.24, 2.45) is 0 Å². The van der Waals surface area contributed by atoms with Gasteiger partial charge in [0, 0.05) is 23.7 Å². The lowest BCUT2D eigenvalue weighted by atomic mass is 10.1. The molecule has 5 nitrogen and oxygen atoms in total. The number of hydrogen-bond donors (Lipinski definition) is 0. The number of carbonyl (C=O) groups excluding carboxylic acids is 1. The van der Waals surface area contributed by atoms with Crippen LogP contribution < -0.4 is 0 Å². The van der Waals surface area contributed by atoms with Gasteiger partial charge in [-0.1, -0.05) is 11.6 Å². The second kappa shape index (κ2) is 5.63. The van der Waals surface area contributed by atoms with Gasteiger partial charge in [0.05, 0.1) is 0 Å². The number of halogens is 1. The van der Waals surface area contributed by atoms with Gasteiger partial charge in [-0.3, -0.25) is 4.79 Å². The third-order valence-electron chi connectivity index (χ3n) is 3.34. The molecule has 2 aromatic rings. The van der Waals surface area contributed by atoms with Crippen molar-refractivity contribution >= 4 is 17.5 Å². The second-order valence-corrected chi connectivity index (χ2v) is 5.21. The molecular weight excluding hydrogens is 278 g/mol. The molecule has 1 fully saturated rings. The fourth-order valence-corrected chi connectivity index (χ4v) is 2.38. The van der Waals surface area contributed by atoms with Crippen LogP contribution in [0.3, 0.4) is 0 Å². The molecule has 0 unspecified atom stereocenters. The Labute approximate surface area is 121 Å². The summed E-state index contributed by atoms with van der Waals surface area (Å²) >= 11 is 5.83. The Hall–Kier alpha value is -1.88. The fraction of sp³-hybridized carbons (Fsp3) is 0.357. The van der Waals surface area contributed by atoms with Crippen LogP contribution in [0.25, 0.3) is 11.5 Å². The van der Waals surface area contributed by atoms with Crippen LogP contribution in [-0.4, -0.2) is 34.1 Å². The first-order chi connectivity index (χ1) is 9.74. The van der Waals surface area contributed by atoms with Crippen LogP contribution in [0.4, 0.5) is 0 Å². The van der Waals surface area contributed by atoms with Gasteiger partial charge in [0.2, 0.25) is 5.89 Å². The Morgan fingerprint density at radius 3 is 2.50 bits per heavy atom. The van der Waals surface area contributed by atoms with Gasteiger partial charge in [0.25, 0.3) is 0 Å². The molecule has 6 heteroatoms. The first-order valence-electron chi connectivity index (χ1n) is 6.63. The maximum atomic E-state index is 12.2. The second-order valence-electron chi connectivity index (χ2n) is 4.77. The number of hydrogen-bond acceptors (Lipinski definition) is 4. The van der Waals surface area contributed by atoms with E-state index >= 15 is 0 Å². The lowest BCUT2D eigenvalue weighted by Gasteiger charge is -2.24. The quantitative estimate of drug-likeness (QED) is 0.853. The summed E-state index contributed by atoms with van der Waals surface area (Å²) in [7, 11) is 0. The first kappa shape index (κ1) is 13.1. The highest BCUT2D eigenvalue weighted by molar-refractivity contribution is 6.30. The molecule has 1 saturated heterocycles. The van der Waals surface area contributed by atoms with E-state index in [1.165, 1.54) is 6.42 Å². The third kappa shape index (κ3) is 2.67.